The normalized spacial score (nSPS) is 30.3. The zero-order valence-corrected chi connectivity index (χ0v) is 15.0. The molecule has 0 aromatic rings. The topological polar surface area (TPSA) is 9.23 Å². The molecule has 2 aliphatic carbocycles. The van der Waals surface area contributed by atoms with Crippen molar-refractivity contribution in [3.05, 3.63) is 0 Å². The van der Waals surface area contributed by atoms with Gasteiger partial charge < -0.3 is 4.74 Å². The van der Waals surface area contributed by atoms with Crippen LogP contribution in [0, 0.1) is 23.7 Å². The highest BCUT2D eigenvalue weighted by molar-refractivity contribution is 4.87. The number of hydrogen-bond acceptors (Lipinski definition) is 1. The van der Waals surface area contributed by atoms with Crippen LogP contribution in [0.4, 0.5) is 0 Å². The Balaban J connectivity index is 1.76. The number of rotatable bonds is 6. The Bertz CT molecular complexity index is 282. The average molecular weight is 295 g/mol. The Hall–Kier alpha value is -0.0400. The van der Waals surface area contributed by atoms with Gasteiger partial charge in [-0.15, -0.1) is 0 Å². The summed E-state index contributed by atoms with van der Waals surface area (Å²) < 4.78 is 6.30. The third-order valence-electron chi connectivity index (χ3n) is 6.51. The van der Waals surface area contributed by atoms with Crippen molar-refractivity contribution in [2.75, 3.05) is 6.61 Å². The fourth-order valence-electron chi connectivity index (χ4n) is 4.48. The highest BCUT2D eigenvalue weighted by Crippen LogP contribution is 2.43. The molecular weight excluding hydrogens is 256 g/mol. The fraction of sp³-hybridized carbons (Fsp3) is 1.00. The van der Waals surface area contributed by atoms with Gasteiger partial charge in [0.05, 0.1) is 5.60 Å². The zero-order valence-electron chi connectivity index (χ0n) is 15.0. The summed E-state index contributed by atoms with van der Waals surface area (Å²) in [6, 6.07) is 0. The molecule has 0 aromatic carbocycles. The van der Waals surface area contributed by atoms with Crippen LogP contribution < -0.4 is 0 Å². The summed E-state index contributed by atoms with van der Waals surface area (Å²) in [4.78, 5) is 0. The second-order valence-electron chi connectivity index (χ2n) is 8.44. The van der Waals surface area contributed by atoms with Gasteiger partial charge in [0.25, 0.3) is 0 Å². The van der Waals surface area contributed by atoms with E-state index in [1.165, 1.54) is 64.2 Å². The lowest BCUT2D eigenvalue weighted by Crippen LogP contribution is -2.39. The van der Waals surface area contributed by atoms with Crippen LogP contribution in [0.3, 0.4) is 0 Å². The molecule has 1 unspecified atom stereocenters. The molecule has 2 rings (SSSR count). The molecule has 0 radical (unpaired) electrons. The van der Waals surface area contributed by atoms with E-state index in [9.17, 15) is 0 Å². The van der Waals surface area contributed by atoms with E-state index in [1.54, 1.807) is 0 Å². The van der Waals surface area contributed by atoms with Gasteiger partial charge in [-0.25, -0.2) is 0 Å². The van der Waals surface area contributed by atoms with E-state index in [0.29, 0.717) is 5.92 Å². The molecule has 0 aliphatic heterocycles. The van der Waals surface area contributed by atoms with Gasteiger partial charge in [0, 0.05) is 6.61 Å². The first-order valence-electron chi connectivity index (χ1n) is 9.67. The second kappa shape index (κ2) is 7.99. The zero-order chi connectivity index (χ0) is 15.3. The Kier molecular flexibility index (Phi) is 6.59. The first-order chi connectivity index (χ1) is 10.0. The van der Waals surface area contributed by atoms with Crippen molar-refractivity contribution in [2.45, 2.75) is 97.5 Å². The molecular formula is C20H38O. The molecule has 0 bridgehead atoms. The summed E-state index contributed by atoms with van der Waals surface area (Å²) in [5.41, 5.74) is 0.0843. The SMILES string of the molecule is CCC(C)COC(C)(C)C1CCC(C2CCCCC2)CC1. The summed E-state index contributed by atoms with van der Waals surface area (Å²) in [5.74, 6) is 3.57. The second-order valence-corrected chi connectivity index (χ2v) is 8.44. The van der Waals surface area contributed by atoms with Gasteiger partial charge in [0.2, 0.25) is 0 Å². The number of ether oxygens (including phenoxy) is 1. The van der Waals surface area contributed by atoms with Crippen molar-refractivity contribution in [2.24, 2.45) is 23.7 Å². The molecule has 2 saturated carbocycles. The summed E-state index contributed by atoms with van der Waals surface area (Å²) in [5, 5.41) is 0. The minimum Gasteiger partial charge on any atom is -0.375 e. The fourth-order valence-corrected chi connectivity index (χ4v) is 4.48. The van der Waals surface area contributed by atoms with Crippen molar-refractivity contribution in [1.82, 2.24) is 0 Å². The predicted octanol–water partition coefficient (Wildman–Crippen LogP) is 6.21. The third-order valence-corrected chi connectivity index (χ3v) is 6.51. The summed E-state index contributed by atoms with van der Waals surface area (Å²) in [6.07, 6.45) is 14.5. The van der Waals surface area contributed by atoms with E-state index < -0.39 is 0 Å². The molecule has 2 fully saturated rings. The van der Waals surface area contributed by atoms with E-state index in [-0.39, 0.29) is 5.60 Å². The van der Waals surface area contributed by atoms with Crippen molar-refractivity contribution < 1.29 is 4.74 Å². The van der Waals surface area contributed by atoms with E-state index in [4.69, 9.17) is 4.74 Å². The van der Waals surface area contributed by atoms with E-state index in [1.807, 2.05) is 0 Å². The van der Waals surface area contributed by atoms with Gasteiger partial charge in [0.1, 0.15) is 0 Å². The molecule has 0 N–H and O–H groups in total. The molecule has 2 aliphatic rings. The van der Waals surface area contributed by atoms with Crippen LogP contribution in [0.1, 0.15) is 91.9 Å². The van der Waals surface area contributed by atoms with Crippen molar-refractivity contribution in [3.63, 3.8) is 0 Å². The van der Waals surface area contributed by atoms with Crippen LogP contribution in [-0.4, -0.2) is 12.2 Å². The van der Waals surface area contributed by atoms with E-state index in [2.05, 4.69) is 27.7 Å². The monoisotopic (exact) mass is 294 g/mol. The highest BCUT2D eigenvalue weighted by atomic mass is 16.5. The van der Waals surface area contributed by atoms with Crippen LogP contribution in [0.2, 0.25) is 0 Å². The summed E-state index contributed by atoms with van der Waals surface area (Å²) in [7, 11) is 0. The minimum absolute atomic E-state index is 0.0843. The molecule has 124 valence electrons. The van der Waals surface area contributed by atoms with Gasteiger partial charge in [-0.05, 0) is 63.2 Å². The first kappa shape index (κ1) is 17.3. The highest BCUT2D eigenvalue weighted by Gasteiger charge is 2.36. The molecule has 0 spiro atoms. The van der Waals surface area contributed by atoms with Crippen molar-refractivity contribution >= 4 is 0 Å². The predicted molar refractivity (Wildman–Crippen MR) is 91.5 cm³/mol. The van der Waals surface area contributed by atoms with Crippen LogP contribution in [0.15, 0.2) is 0 Å². The summed E-state index contributed by atoms with van der Waals surface area (Å²) in [6.45, 7) is 10.2. The van der Waals surface area contributed by atoms with E-state index >= 15 is 0 Å². The lowest BCUT2D eigenvalue weighted by Gasteiger charge is -2.42. The third kappa shape index (κ3) is 4.98. The summed E-state index contributed by atoms with van der Waals surface area (Å²) >= 11 is 0. The maximum atomic E-state index is 6.30. The van der Waals surface area contributed by atoms with E-state index in [0.717, 1.165) is 24.4 Å². The number of hydrogen-bond donors (Lipinski definition) is 0. The largest absolute Gasteiger partial charge is 0.375 e. The average Bonchev–Trinajstić information content (AvgIpc) is 2.53. The van der Waals surface area contributed by atoms with Crippen LogP contribution in [0.5, 0.6) is 0 Å². The Morgan fingerprint density at radius 1 is 0.905 bits per heavy atom. The van der Waals surface area contributed by atoms with Crippen LogP contribution in [0.25, 0.3) is 0 Å². The molecule has 0 aromatic heterocycles. The molecule has 21 heavy (non-hydrogen) atoms. The Morgan fingerprint density at radius 2 is 1.48 bits per heavy atom. The first-order valence-corrected chi connectivity index (χ1v) is 9.67. The van der Waals surface area contributed by atoms with Crippen LogP contribution >= 0.6 is 0 Å². The maximum absolute atomic E-state index is 6.30. The molecule has 0 heterocycles. The molecule has 0 saturated heterocycles. The van der Waals surface area contributed by atoms with Gasteiger partial charge in [-0.1, -0.05) is 52.4 Å². The quantitative estimate of drug-likeness (QED) is 0.565. The molecule has 0 amide bonds. The molecule has 1 atom stereocenters. The van der Waals surface area contributed by atoms with Gasteiger partial charge >= 0.3 is 0 Å². The Morgan fingerprint density at radius 3 is 2.05 bits per heavy atom. The maximum Gasteiger partial charge on any atom is 0.0654 e. The Labute approximate surface area is 133 Å². The molecule has 1 heteroatoms. The lowest BCUT2D eigenvalue weighted by molar-refractivity contribution is -0.0866. The standard InChI is InChI=1S/C20H38O/c1-5-16(2)15-21-20(3,4)19-13-11-18(12-14-19)17-9-7-6-8-10-17/h16-19H,5-15H2,1-4H3. The van der Waals surface area contributed by atoms with Gasteiger partial charge in [-0.3, -0.25) is 0 Å². The smallest absolute Gasteiger partial charge is 0.0654 e. The van der Waals surface area contributed by atoms with Crippen LogP contribution in [-0.2, 0) is 4.74 Å². The van der Waals surface area contributed by atoms with Crippen molar-refractivity contribution in [1.29, 1.82) is 0 Å². The minimum atomic E-state index is 0.0843. The lowest BCUT2D eigenvalue weighted by atomic mass is 9.68. The van der Waals surface area contributed by atoms with Gasteiger partial charge in [-0.2, -0.15) is 0 Å². The molecule has 1 nitrogen and oxygen atoms in total. The van der Waals surface area contributed by atoms with Crippen molar-refractivity contribution in [3.8, 4) is 0 Å². The van der Waals surface area contributed by atoms with Gasteiger partial charge in [0.15, 0.2) is 0 Å².